The Kier molecular flexibility index (Phi) is 8.69. The first-order chi connectivity index (χ1) is 16.7. The van der Waals surface area contributed by atoms with E-state index < -0.39 is 0 Å². The van der Waals surface area contributed by atoms with E-state index in [1.807, 2.05) is 47.4 Å². The van der Waals surface area contributed by atoms with Crippen molar-refractivity contribution in [1.82, 2.24) is 14.8 Å². The number of pyridine rings is 1. The molecule has 1 aliphatic heterocycles. The van der Waals surface area contributed by atoms with E-state index in [0.717, 1.165) is 43.3 Å². The Morgan fingerprint density at radius 2 is 1.79 bits per heavy atom. The van der Waals surface area contributed by atoms with Gasteiger partial charge in [0.15, 0.2) is 0 Å². The maximum absolute atomic E-state index is 13.2. The molecule has 0 saturated carbocycles. The van der Waals surface area contributed by atoms with Crippen LogP contribution >= 0.6 is 0 Å². The topological polar surface area (TPSA) is 45.7 Å². The molecule has 34 heavy (non-hydrogen) atoms. The highest BCUT2D eigenvalue weighted by atomic mass is 16.5. The number of hydrogen-bond donors (Lipinski definition) is 0. The number of hydrogen-bond acceptors (Lipinski definition) is 4. The van der Waals surface area contributed by atoms with Crippen molar-refractivity contribution < 1.29 is 9.53 Å². The summed E-state index contributed by atoms with van der Waals surface area (Å²) in [6.45, 7) is 4.42. The summed E-state index contributed by atoms with van der Waals surface area (Å²) in [6.07, 6.45) is 8.06. The molecule has 2 heterocycles. The SMILES string of the molecule is COc1ccccc1CCC1CCN(CCN(Cc2ccccc2)C(=O)c2cccnc2)CC1. The van der Waals surface area contributed by atoms with E-state index in [4.69, 9.17) is 4.74 Å². The van der Waals surface area contributed by atoms with E-state index in [-0.39, 0.29) is 5.91 Å². The van der Waals surface area contributed by atoms with Crippen LogP contribution in [0.5, 0.6) is 5.75 Å². The zero-order valence-electron chi connectivity index (χ0n) is 20.1. The van der Waals surface area contributed by atoms with Crippen LogP contribution in [0.25, 0.3) is 0 Å². The van der Waals surface area contributed by atoms with Gasteiger partial charge >= 0.3 is 0 Å². The van der Waals surface area contributed by atoms with Gasteiger partial charge in [-0.15, -0.1) is 0 Å². The second kappa shape index (κ2) is 12.3. The molecule has 178 valence electrons. The number of nitrogens with zero attached hydrogens (tertiary/aromatic N) is 3. The minimum atomic E-state index is 0.0450. The van der Waals surface area contributed by atoms with Gasteiger partial charge in [0, 0.05) is 32.0 Å². The molecule has 1 aromatic heterocycles. The number of carbonyl (C=O) groups is 1. The van der Waals surface area contributed by atoms with Crippen molar-refractivity contribution in [1.29, 1.82) is 0 Å². The number of likely N-dealkylation sites (tertiary alicyclic amines) is 1. The zero-order valence-corrected chi connectivity index (χ0v) is 20.1. The molecule has 0 unspecified atom stereocenters. The first kappa shape index (κ1) is 24.0. The first-order valence-corrected chi connectivity index (χ1v) is 12.3. The fourth-order valence-corrected chi connectivity index (χ4v) is 4.76. The third-order valence-electron chi connectivity index (χ3n) is 6.82. The third-order valence-corrected chi connectivity index (χ3v) is 6.82. The Morgan fingerprint density at radius 1 is 1.03 bits per heavy atom. The van der Waals surface area contributed by atoms with Gasteiger partial charge in [0.05, 0.1) is 12.7 Å². The van der Waals surface area contributed by atoms with Crippen molar-refractivity contribution in [2.75, 3.05) is 33.3 Å². The number of aromatic nitrogens is 1. The molecule has 0 atom stereocenters. The average molecular weight is 458 g/mol. The van der Waals surface area contributed by atoms with Gasteiger partial charge in [-0.2, -0.15) is 0 Å². The summed E-state index contributed by atoms with van der Waals surface area (Å²) in [6, 6.07) is 22.2. The molecule has 0 bridgehead atoms. The quantitative estimate of drug-likeness (QED) is 0.426. The molecule has 0 aliphatic carbocycles. The molecule has 0 N–H and O–H groups in total. The number of aryl methyl sites for hydroxylation is 1. The summed E-state index contributed by atoms with van der Waals surface area (Å²) in [7, 11) is 1.75. The molecule has 0 spiro atoms. The predicted octanol–water partition coefficient (Wildman–Crippen LogP) is 5.08. The molecule has 1 aliphatic rings. The number of ether oxygens (including phenoxy) is 1. The predicted molar refractivity (Wildman–Crippen MR) is 136 cm³/mol. The first-order valence-electron chi connectivity index (χ1n) is 12.3. The Hall–Kier alpha value is -3.18. The average Bonchev–Trinajstić information content (AvgIpc) is 2.91. The maximum Gasteiger partial charge on any atom is 0.255 e. The highest BCUT2D eigenvalue weighted by molar-refractivity contribution is 5.93. The van der Waals surface area contributed by atoms with E-state index in [1.165, 1.54) is 24.8 Å². The number of piperidine rings is 1. The number of para-hydroxylation sites is 1. The normalized spacial score (nSPS) is 14.6. The standard InChI is InChI=1S/C29H35N3O2/c1-34-28-12-6-5-10-26(28)14-13-24-15-18-31(19-16-24)20-21-32(23-25-8-3-2-4-9-25)29(33)27-11-7-17-30-22-27/h2-12,17,22,24H,13-16,18-21,23H2,1H3. The smallest absolute Gasteiger partial charge is 0.255 e. The van der Waals surface area contributed by atoms with Crippen LogP contribution in [0.15, 0.2) is 79.1 Å². The fourth-order valence-electron chi connectivity index (χ4n) is 4.76. The second-order valence-electron chi connectivity index (χ2n) is 9.09. The number of methoxy groups -OCH3 is 1. The second-order valence-corrected chi connectivity index (χ2v) is 9.09. The molecule has 1 saturated heterocycles. The molecule has 5 nitrogen and oxygen atoms in total. The molecule has 5 heteroatoms. The molecule has 1 amide bonds. The molecular weight excluding hydrogens is 422 g/mol. The molecule has 0 radical (unpaired) electrons. The minimum Gasteiger partial charge on any atom is -0.496 e. The van der Waals surface area contributed by atoms with Gasteiger partial charge in [-0.25, -0.2) is 0 Å². The zero-order chi connectivity index (χ0) is 23.6. The van der Waals surface area contributed by atoms with Crippen molar-refractivity contribution >= 4 is 5.91 Å². The van der Waals surface area contributed by atoms with E-state index in [2.05, 4.69) is 34.1 Å². The van der Waals surface area contributed by atoms with Gasteiger partial charge in [-0.1, -0.05) is 48.5 Å². The fraction of sp³-hybridized carbons (Fsp3) is 0.379. The van der Waals surface area contributed by atoms with Gasteiger partial charge in [0.1, 0.15) is 5.75 Å². The van der Waals surface area contributed by atoms with Crippen LogP contribution in [-0.2, 0) is 13.0 Å². The summed E-state index contributed by atoms with van der Waals surface area (Å²) in [4.78, 5) is 21.8. The molecule has 2 aromatic carbocycles. The summed E-state index contributed by atoms with van der Waals surface area (Å²) in [5.41, 5.74) is 3.10. The summed E-state index contributed by atoms with van der Waals surface area (Å²) >= 11 is 0. The monoisotopic (exact) mass is 457 g/mol. The number of benzene rings is 2. The summed E-state index contributed by atoms with van der Waals surface area (Å²) in [5, 5.41) is 0. The van der Waals surface area contributed by atoms with Crippen molar-refractivity contribution in [2.45, 2.75) is 32.2 Å². The van der Waals surface area contributed by atoms with Crippen LogP contribution in [0.1, 0.15) is 40.7 Å². The largest absolute Gasteiger partial charge is 0.496 e. The van der Waals surface area contributed by atoms with E-state index in [9.17, 15) is 4.79 Å². The number of rotatable bonds is 10. The summed E-state index contributed by atoms with van der Waals surface area (Å²) < 4.78 is 5.51. The van der Waals surface area contributed by atoms with Crippen LogP contribution in [0, 0.1) is 5.92 Å². The third kappa shape index (κ3) is 6.67. The van der Waals surface area contributed by atoms with Crippen LogP contribution < -0.4 is 4.74 Å². The van der Waals surface area contributed by atoms with Crippen molar-refractivity contribution in [3.63, 3.8) is 0 Å². The lowest BCUT2D eigenvalue weighted by Crippen LogP contribution is -2.41. The Morgan fingerprint density at radius 3 is 2.53 bits per heavy atom. The van der Waals surface area contributed by atoms with Crippen molar-refractivity contribution in [2.24, 2.45) is 5.92 Å². The van der Waals surface area contributed by atoms with E-state index in [0.29, 0.717) is 18.7 Å². The molecular formula is C29H35N3O2. The van der Waals surface area contributed by atoms with Gasteiger partial charge in [-0.05, 0) is 74.0 Å². The van der Waals surface area contributed by atoms with Gasteiger partial charge in [0.2, 0.25) is 0 Å². The molecule has 1 fully saturated rings. The van der Waals surface area contributed by atoms with Crippen LogP contribution in [0.2, 0.25) is 0 Å². The van der Waals surface area contributed by atoms with Gasteiger partial charge in [-0.3, -0.25) is 9.78 Å². The minimum absolute atomic E-state index is 0.0450. The lowest BCUT2D eigenvalue weighted by Gasteiger charge is -2.34. The van der Waals surface area contributed by atoms with Gasteiger partial charge < -0.3 is 14.5 Å². The van der Waals surface area contributed by atoms with E-state index >= 15 is 0 Å². The molecule has 4 rings (SSSR count). The highest BCUT2D eigenvalue weighted by Crippen LogP contribution is 2.26. The Bertz CT molecular complexity index is 1020. The summed E-state index contributed by atoms with van der Waals surface area (Å²) in [5.74, 6) is 1.79. The van der Waals surface area contributed by atoms with Crippen molar-refractivity contribution in [3.8, 4) is 5.75 Å². The van der Waals surface area contributed by atoms with Crippen LogP contribution in [0.4, 0.5) is 0 Å². The lowest BCUT2D eigenvalue weighted by molar-refractivity contribution is 0.0706. The Balaban J connectivity index is 1.28. The number of amides is 1. The maximum atomic E-state index is 13.2. The number of carbonyl (C=O) groups excluding carboxylic acids is 1. The molecule has 3 aromatic rings. The highest BCUT2D eigenvalue weighted by Gasteiger charge is 2.22. The lowest BCUT2D eigenvalue weighted by atomic mass is 9.90. The van der Waals surface area contributed by atoms with Crippen LogP contribution in [-0.4, -0.2) is 54.0 Å². The Labute approximate surface area is 203 Å². The van der Waals surface area contributed by atoms with Crippen LogP contribution in [0.3, 0.4) is 0 Å². The van der Waals surface area contributed by atoms with Crippen molar-refractivity contribution in [3.05, 3.63) is 95.8 Å². The van der Waals surface area contributed by atoms with E-state index in [1.54, 1.807) is 19.5 Å². The van der Waals surface area contributed by atoms with Gasteiger partial charge in [0.25, 0.3) is 5.91 Å².